The number of carbonyl (C=O) groups excluding carboxylic acids is 2. The lowest BCUT2D eigenvalue weighted by Gasteiger charge is -2.29. The van der Waals surface area contributed by atoms with E-state index < -0.39 is 18.1 Å². The zero-order chi connectivity index (χ0) is 25.9. The number of imide groups is 1. The highest BCUT2D eigenvalue weighted by Gasteiger charge is 2.60. The van der Waals surface area contributed by atoms with Gasteiger partial charge in [0.25, 0.3) is 5.91 Å². The van der Waals surface area contributed by atoms with E-state index in [9.17, 15) is 9.59 Å². The second-order valence-electron chi connectivity index (χ2n) is 9.18. The smallest absolute Gasteiger partial charge is 0.266 e. The van der Waals surface area contributed by atoms with Gasteiger partial charge < -0.3 is 9.47 Å². The second-order valence-corrected chi connectivity index (χ2v) is 9.18. The van der Waals surface area contributed by atoms with Crippen molar-refractivity contribution in [2.24, 2.45) is 5.92 Å². The van der Waals surface area contributed by atoms with Crippen LogP contribution in [0.3, 0.4) is 0 Å². The summed E-state index contributed by atoms with van der Waals surface area (Å²) in [6.45, 7) is 7.08. The van der Waals surface area contributed by atoms with E-state index in [2.05, 4.69) is 6.92 Å². The van der Waals surface area contributed by atoms with E-state index in [0.717, 1.165) is 29.7 Å². The highest BCUT2D eigenvalue weighted by Crippen LogP contribution is 2.48. The van der Waals surface area contributed by atoms with Gasteiger partial charge in [-0.1, -0.05) is 50.2 Å². The van der Waals surface area contributed by atoms with Gasteiger partial charge in [-0.15, -0.1) is 0 Å². The number of para-hydroxylation sites is 1. The van der Waals surface area contributed by atoms with Crippen LogP contribution in [0.1, 0.15) is 44.4 Å². The molecule has 192 valence electrons. The molecule has 0 aromatic heterocycles. The lowest BCUT2D eigenvalue weighted by atomic mass is 9.90. The van der Waals surface area contributed by atoms with Crippen LogP contribution in [0.25, 0.3) is 0 Å². The van der Waals surface area contributed by atoms with E-state index in [1.54, 1.807) is 5.06 Å². The van der Waals surface area contributed by atoms with Gasteiger partial charge in [0.2, 0.25) is 5.91 Å². The summed E-state index contributed by atoms with van der Waals surface area (Å²) in [7, 11) is 0. The maximum atomic E-state index is 13.9. The van der Waals surface area contributed by atoms with Crippen LogP contribution in [0, 0.1) is 5.92 Å². The first-order chi connectivity index (χ1) is 18.1. The number of fused-ring (bicyclic) bond motifs is 1. The molecule has 0 unspecified atom stereocenters. The largest absolute Gasteiger partial charge is 0.490 e. The third kappa shape index (κ3) is 4.55. The third-order valence-corrected chi connectivity index (χ3v) is 6.80. The Morgan fingerprint density at radius 1 is 0.811 bits per heavy atom. The molecule has 0 bridgehead atoms. The van der Waals surface area contributed by atoms with Gasteiger partial charge in [0, 0.05) is 0 Å². The van der Waals surface area contributed by atoms with Crippen LogP contribution in [0.15, 0.2) is 72.8 Å². The minimum absolute atomic E-state index is 0.271. The number of ether oxygens (including phenoxy) is 2. The Hall–Kier alpha value is -3.84. The van der Waals surface area contributed by atoms with E-state index in [1.807, 2.05) is 86.6 Å². The van der Waals surface area contributed by atoms with Crippen LogP contribution >= 0.6 is 0 Å². The Kier molecular flexibility index (Phi) is 7.15. The van der Waals surface area contributed by atoms with Crippen LogP contribution in [-0.2, 0) is 20.8 Å². The van der Waals surface area contributed by atoms with Crippen molar-refractivity contribution < 1.29 is 23.9 Å². The fourth-order valence-electron chi connectivity index (χ4n) is 5.00. The van der Waals surface area contributed by atoms with Crippen molar-refractivity contribution >= 4 is 23.2 Å². The van der Waals surface area contributed by atoms with Crippen LogP contribution in [0.2, 0.25) is 0 Å². The van der Waals surface area contributed by atoms with Gasteiger partial charge in [-0.3, -0.25) is 14.4 Å². The molecule has 2 heterocycles. The Bertz CT molecular complexity index is 1260. The van der Waals surface area contributed by atoms with Gasteiger partial charge in [-0.05, 0) is 67.3 Å². The number of hydroxylamine groups is 1. The number of anilines is 2. The average molecular weight is 501 g/mol. The minimum Gasteiger partial charge on any atom is -0.490 e. The summed E-state index contributed by atoms with van der Waals surface area (Å²) in [5.41, 5.74) is 3.29. The number of nitrogens with zero attached hydrogens (tertiary/aromatic N) is 2. The molecule has 2 amide bonds. The van der Waals surface area contributed by atoms with Crippen molar-refractivity contribution in [2.75, 3.05) is 23.2 Å². The number of aryl methyl sites for hydroxylation is 1. The van der Waals surface area contributed by atoms with Crippen LogP contribution in [-0.4, -0.2) is 31.1 Å². The predicted octanol–water partition coefficient (Wildman–Crippen LogP) is 5.49. The van der Waals surface area contributed by atoms with Gasteiger partial charge in [0.05, 0.1) is 30.6 Å². The number of carbonyl (C=O) groups is 2. The van der Waals surface area contributed by atoms with Crippen molar-refractivity contribution in [3.63, 3.8) is 0 Å². The van der Waals surface area contributed by atoms with Crippen molar-refractivity contribution in [3.8, 4) is 11.5 Å². The standard InChI is InChI=1S/C30H32N2O5/c1-4-18-36-24-17-14-21(19-25(24)35-6-3)27-26-28(37-32(27)23-10-8-7-9-11-23)30(34)31(29(26)33)22-15-12-20(5-2)13-16-22/h7-17,19,26-28H,4-6,18H2,1-3H3/t26-,27+,28-/m0/s1. The molecular weight excluding hydrogens is 468 g/mol. The summed E-state index contributed by atoms with van der Waals surface area (Å²) in [6, 6.07) is 22.3. The van der Waals surface area contributed by atoms with Gasteiger partial charge >= 0.3 is 0 Å². The van der Waals surface area contributed by atoms with Crippen molar-refractivity contribution in [1.82, 2.24) is 0 Å². The van der Waals surface area contributed by atoms with Gasteiger partial charge in [-0.25, -0.2) is 9.96 Å². The van der Waals surface area contributed by atoms with Crippen LogP contribution in [0.5, 0.6) is 11.5 Å². The summed E-state index contributed by atoms with van der Waals surface area (Å²) in [4.78, 5) is 35.0. The molecule has 2 aliphatic heterocycles. The molecule has 7 heteroatoms. The Morgan fingerprint density at radius 2 is 1.57 bits per heavy atom. The molecule has 2 fully saturated rings. The van der Waals surface area contributed by atoms with Gasteiger partial charge in [0.15, 0.2) is 17.6 Å². The van der Waals surface area contributed by atoms with Gasteiger partial charge in [-0.2, -0.15) is 0 Å². The first-order valence-corrected chi connectivity index (χ1v) is 12.9. The quantitative estimate of drug-likeness (QED) is 0.362. The molecule has 0 saturated carbocycles. The SMILES string of the molecule is CCCOc1ccc([C@@H]2[C@@H]3C(=O)N(c4ccc(CC)cc4)C(=O)[C@H]3ON2c2ccccc2)cc1OCC. The number of rotatable bonds is 9. The molecule has 2 saturated heterocycles. The molecular formula is C30H32N2O5. The average Bonchev–Trinajstić information content (AvgIpc) is 3.44. The molecule has 0 N–H and O–H groups in total. The molecule has 3 aromatic rings. The highest BCUT2D eigenvalue weighted by molar-refractivity contribution is 6.23. The van der Waals surface area contributed by atoms with E-state index in [0.29, 0.717) is 30.4 Å². The van der Waals surface area contributed by atoms with E-state index in [1.165, 1.54) is 4.90 Å². The number of hydrogen-bond acceptors (Lipinski definition) is 6. The van der Waals surface area contributed by atoms with Crippen molar-refractivity contribution in [3.05, 3.63) is 83.9 Å². The molecule has 7 nitrogen and oxygen atoms in total. The second kappa shape index (κ2) is 10.6. The summed E-state index contributed by atoms with van der Waals surface area (Å²) < 4.78 is 11.8. The van der Waals surface area contributed by atoms with Gasteiger partial charge in [0.1, 0.15) is 5.92 Å². The maximum Gasteiger partial charge on any atom is 0.266 e. The van der Waals surface area contributed by atoms with Crippen molar-refractivity contribution in [1.29, 1.82) is 0 Å². The van der Waals surface area contributed by atoms with E-state index in [-0.39, 0.29) is 11.8 Å². The third-order valence-electron chi connectivity index (χ3n) is 6.80. The molecule has 3 atom stereocenters. The zero-order valence-electron chi connectivity index (χ0n) is 21.4. The molecule has 3 aromatic carbocycles. The fourth-order valence-corrected chi connectivity index (χ4v) is 5.00. The number of hydrogen-bond donors (Lipinski definition) is 0. The number of benzene rings is 3. The van der Waals surface area contributed by atoms with E-state index in [4.69, 9.17) is 14.3 Å². The zero-order valence-corrected chi connectivity index (χ0v) is 21.4. The Morgan fingerprint density at radius 3 is 2.24 bits per heavy atom. The number of amides is 2. The fraction of sp³-hybridized carbons (Fsp3) is 0.333. The summed E-state index contributed by atoms with van der Waals surface area (Å²) in [5.74, 6) is -0.0765. The monoisotopic (exact) mass is 500 g/mol. The summed E-state index contributed by atoms with van der Waals surface area (Å²) in [6.07, 6.45) is 0.835. The van der Waals surface area contributed by atoms with Crippen LogP contribution < -0.4 is 19.4 Å². The van der Waals surface area contributed by atoms with Crippen LogP contribution in [0.4, 0.5) is 11.4 Å². The molecule has 2 aliphatic rings. The maximum absolute atomic E-state index is 13.9. The lowest BCUT2D eigenvalue weighted by Crippen LogP contribution is -2.37. The normalized spacial score (nSPS) is 20.9. The molecule has 37 heavy (non-hydrogen) atoms. The first-order valence-electron chi connectivity index (χ1n) is 12.9. The molecule has 0 aliphatic carbocycles. The minimum atomic E-state index is -0.921. The topological polar surface area (TPSA) is 68.3 Å². The Balaban J connectivity index is 1.56. The molecule has 0 spiro atoms. The predicted molar refractivity (Wildman–Crippen MR) is 142 cm³/mol. The Labute approximate surface area is 217 Å². The van der Waals surface area contributed by atoms with E-state index >= 15 is 0 Å². The first kappa shape index (κ1) is 24.8. The highest BCUT2D eigenvalue weighted by atomic mass is 16.7. The molecule has 0 radical (unpaired) electrons. The van der Waals surface area contributed by atoms with Crippen molar-refractivity contribution in [2.45, 2.75) is 45.8 Å². The summed E-state index contributed by atoms with van der Waals surface area (Å²) in [5, 5.41) is 1.69. The molecule has 5 rings (SSSR count). The summed E-state index contributed by atoms with van der Waals surface area (Å²) >= 11 is 0. The lowest BCUT2D eigenvalue weighted by molar-refractivity contribution is -0.126.